The molecule has 0 fully saturated rings. The van der Waals surface area contributed by atoms with E-state index in [1.54, 1.807) is 6.07 Å². The van der Waals surface area contributed by atoms with E-state index in [2.05, 4.69) is 26.1 Å². The average molecular weight is 300 g/mol. The Kier molecular flexibility index (Phi) is 4.77. The summed E-state index contributed by atoms with van der Waals surface area (Å²) in [5, 5.41) is 5.68. The molecule has 0 saturated heterocycles. The van der Waals surface area contributed by atoms with E-state index >= 15 is 0 Å². The van der Waals surface area contributed by atoms with E-state index in [1.165, 1.54) is 5.56 Å². The van der Waals surface area contributed by atoms with Crippen molar-refractivity contribution >= 4 is 34.2 Å². The number of halogens is 2. The Hall–Kier alpha value is -0.700. The second kappa shape index (κ2) is 6.17. The van der Waals surface area contributed by atoms with Crippen LogP contribution in [0.1, 0.15) is 38.5 Å². The highest BCUT2D eigenvalue weighted by molar-refractivity contribution is 6.40. The maximum Gasteiger partial charge on any atom is 0.154 e. The summed E-state index contributed by atoms with van der Waals surface area (Å²) >= 11 is 12.5. The van der Waals surface area contributed by atoms with E-state index in [1.807, 2.05) is 6.07 Å². The monoisotopic (exact) mass is 299 g/mol. The van der Waals surface area contributed by atoms with Crippen LogP contribution in [0, 0.1) is 0 Å². The third kappa shape index (κ3) is 3.07. The van der Waals surface area contributed by atoms with Crippen molar-refractivity contribution in [1.29, 1.82) is 0 Å². The first-order chi connectivity index (χ1) is 9.04. The maximum atomic E-state index is 6.31. The summed E-state index contributed by atoms with van der Waals surface area (Å²) in [6.45, 7) is 7.08. The number of fused-ring (bicyclic) bond motifs is 1. The molecule has 2 aromatic rings. The molecule has 0 aliphatic rings. The van der Waals surface area contributed by atoms with Gasteiger partial charge in [-0.1, -0.05) is 50.4 Å². The predicted molar refractivity (Wildman–Crippen MR) is 82.2 cm³/mol. The van der Waals surface area contributed by atoms with E-state index in [0.29, 0.717) is 28.2 Å². The Bertz CT molecular complexity index is 575. The fourth-order valence-electron chi connectivity index (χ4n) is 2.19. The summed E-state index contributed by atoms with van der Waals surface area (Å²) in [7, 11) is 0. The number of aryl methyl sites for hydroxylation is 1. The molecule has 0 atom stereocenters. The zero-order chi connectivity index (χ0) is 14.0. The molecule has 2 rings (SSSR count). The number of hydrogen-bond donors (Lipinski definition) is 1. The Morgan fingerprint density at radius 1 is 1.21 bits per heavy atom. The molecule has 0 saturated carbocycles. The zero-order valence-electron chi connectivity index (χ0n) is 11.5. The van der Waals surface area contributed by atoms with E-state index < -0.39 is 0 Å². The normalized spacial score (nSPS) is 11.7. The number of benzene rings is 1. The minimum atomic E-state index is 0.411. The molecule has 1 aromatic heterocycles. The molecule has 1 aromatic carbocycles. The van der Waals surface area contributed by atoms with E-state index in [9.17, 15) is 0 Å². The van der Waals surface area contributed by atoms with E-state index in [-0.39, 0.29) is 0 Å². The second-order valence-electron chi connectivity index (χ2n) is 5.02. The van der Waals surface area contributed by atoms with Crippen LogP contribution in [0.25, 0.3) is 11.0 Å². The maximum absolute atomic E-state index is 6.31. The largest absolute Gasteiger partial charge is 0.458 e. The lowest BCUT2D eigenvalue weighted by atomic mass is 10.1. The summed E-state index contributed by atoms with van der Waals surface area (Å²) in [5.74, 6) is 0.945. The summed E-state index contributed by atoms with van der Waals surface area (Å²) in [4.78, 5) is 0. The van der Waals surface area contributed by atoms with Crippen molar-refractivity contribution < 1.29 is 4.42 Å². The molecule has 0 bridgehead atoms. The van der Waals surface area contributed by atoms with Gasteiger partial charge in [-0.25, -0.2) is 0 Å². The first kappa shape index (κ1) is 14.7. The predicted octanol–water partition coefficient (Wildman–Crippen LogP) is 5.19. The van der Waals surface area contributed by atoms with Crippen molar-refractivity contribution in [3.05, 3.63) is 33.5 Å². The standard InChI is InChI=1S/C15H19Cl2NO/c1-4-5-10-13(8-18-9(2)3)19-15-12(17)7-6-11(16)14(10)15/h6-7,9,18H,4-5,8H2,1-3H3. The van der Waals surface area contributed by atoms with Crippen LogP contribution >= 0.6 is 23.2 Å². The molecule has 0 radical (unpaired) electrons. The van der Waals surface area contributed by atoms with Gasteiger partial charge in [-0.3, -0.25) is 0 Å². The van der Waals surface area contributed by atoms with Crippen LogP contribution in [0.15, 0.2) is 16.5 Å². The van der Waals surface area contributed by atoms with Crippen molar-refractivity contribution in [1.82, 2.24) is 5.32 Å². The molecule has 1 N–H and O–H groups in total. The van der Waals surface area contributed by atoms with Crippen molar-refractivity contribution in [2.75, 3.05) is 0 Å². The molecule has 0 unspecified atom stereocenters. The molecule has 4 heteroatoms. The number of furan rings is 1. The molecule has 0 amide bonds. The lowest BCUT2D eigenvalue weighted by molar-refractivity contribution is 0.483. The van der Waals surface area contributed by atoms with Crippen molar-refractivity contribution in [2.24, 2.45) is 0 Å². The third-order valence-electron chi connectivity index (χ3n) is 3.09. The van der Waals surface area contributed by atoms with Gasteiger partial charge >= 0.3 is 0 Å². The summed E-state index contributed by atoms with van der Waals surface area (Å²) in [6.07, 6.45) is 1.99. The smallest absolute Gasteiger partial charge is 0.154 e. The second-order valence-corrected chi connectivity index (χ2v) is 5.84. The van der Waals surface area contributed by atoms with Gasteiger partial charge in [-0.15, -0.1) is 0 Å². The van der Waals surface area contributed by atoms with Crippen molar-refractivity contribution in [3.63, 3.8) is 0 Å². The number of rotatable bonds is 5. The fourth-order valence-corrected chi connectivity index (χ4v) is 2.65. The first-order valence-electron chi connectivity index (χ1n) is 6.66. The number of hydrogen-bond acceptors (Lipinski definition) is 2. The van der Waals surface area contributed by atoms with Crippen LogP contribution in [-0.4, -0.2) is 6.04 Å². The van der Waals surface area contributed by atoms with Gasteiger partial charge in [-0.2, -0.15) is 0 Å². The highest BCUT2D eigenvalue weighted by Gasteiger charge is 2.18. The van der Waals surface area contributed by atoms with Gasteiger partial charge in [0, 0.05) is 17.0 Å². The third-order valence-corrected chi connectivity index (χ3v) is 3.71. The highest BCUT2D eigenvalue weighted by atomic mass is 35.5. The Morgan fingerprint density at radius 3 is 2.53 bits per heavy atom. The Labute approximate surface area is 124 Å². The first-order valence-corrected chi connectivity index (χ1v) is 7.41. The molecule has 19 heavy (non-hydrogen) atoms. The molecule has 0 aliphatic carbocycles. The average Bonchev–Trinajstić information content (AvgIpc) is 2.72. The summed E-state index contributed by atoms with van der Waals surface area (Å²) < 4.78 is 5.93. The van der Waals surface area contributed by atoms with Gasteiger partial charge in [0.1, 0.15) is 5.76 Å². The van der Waals surface area contributed by atoms with Crippen LogP contribution in [0.3, 0.4) is 0 Å². The lowest BCUT2D eigenvalue weighted by Crippen LogP contribution is -2.22. The van der Waals surface area contributed by atoms with Crippen LogP contribution in [0.4, 0.5) is 0 Å². The van der Waals surface area contributed by atoms with Gasteiger partial charge in [0.05, 0.1) is 16.6 Å². The van der Waals surface area contributed by atoms with Gasteiger partial charge in [0.15, 0.2) is 5.58 Å². The van der Waals surface area contributed by atoms with Crippen LogP contribution in [0.2, 0.25) is 10.0 Å². The summed E-state index contributed by atoms with van der Waals surface area (Å²) in [6, 6.07) is 4.03. The minimum absolute atomic E-state index is 0.411. The van der Waals surface area contributed by atoms with Gasteiger partial charge in [0.25, 0.3) is 0 Å². The minimum Gasteiger partial charge on any atom is -0.458 e. The Balaban J connectivity index is 2.53. The van der Waals surface area contributed by atoms with E-state index in [0.717, 1.165) is 24.0 Å². The zero-order valence-corrected chi connectivity index (χ0v) is 13.0. The lowest BCUT2D eigenvalue weighted by Gasteiger charge is -2.07. The molecule has 1 heterocycles. The quantitative estimate of drug-likeness (QED) is 0.822. The highest BCUT2D eigenvalue weighted by Crippen LogP contribution is 2.37. The SMILES string of the molecule is CCCc1c(CNC(C)C)oc2c(Cl)ccc(Cl)c12. The molecule has 2 nitrogen and oxygen atoms in total. The van der Waals surface area contributed by atoms with Crippen LogP contribution in [0.5, 0.6) is 0 Å². The fraction of sp³-hybridized carbons (Fsp3) is 0.467. The van der Waals surface area contributed by atoms with Crippen molar-refractivity contribution in [3.8, 4) is 0 Å². The molecular formula is C15H19Cl2NO. The molecular weight excluding hydrogens is 281 g/mol. The Morgan fingerprint density at radius 2 is 1.89 bits per heavy atom. The topological polar surface area (TPSA) is 25.2 Å². The molecule has 104 valence electrons. The van der Waals surface area contributed by atoms with Crippen LogP contribution < -0.4 is 5.32 Å². The van der Waals surface area contributed by atoms with Gasteiger partial charge in [0.2, 0.25) is 0 Å². The molecule has 0 spiro atoms. The van der Waals surface area contributed by atoms with Crippen LogP contribution in [-0.2, 0) is 13.0 Å². The van der Waals surface area contributed by atoms with Gasteiger partial charge < -0.3 is 9.73 Å². The van der Waals surface area contributed by atoms with Gasteiger partial charge in [-0.05, 0) is 18.6 Å². The summed E-state index contributed by atoms with van der Waals surface area (Å²) in [5.41, 5.74) is 1.89. The number of nitrogens with one attached hydrogen (secondary N) is 1. The van der Waals surface area contributed by atoms with Crippen molar-refractivity contribution in [2.45, 2.75) is 46.2 Å². The molecule has 0 aliphatic heterocycles. The van der Waals surface area contributed by atoms with E-state index in [4.69, 9.17) is 27.6 Å².